The van der Waals surface area contributed by atoms with Gasteiger partial charge in [-0.1, -0.05) is 60.7 Å². The van der Waals surface area contributed by atoms with Crippen LogP contribution >= 0.6 is 0 Å². The number of hydrogen-bond donors (Lipinski definition) is 2. The van der Waals surface area contributed by atoms with E-state index in [0.29, 0.717) is 0 Å². The van der Waals surface area contributed by atoms with Crippen LogP contribution in [-0.2, 0) is 4.79 Å². The number of benzene rings is 2. The molecule has 0 saturated carbocycles. The first kappa shape index (κ1) is 12.4. The third kappa shape index (κ3) is 2.28. The van der Waals surface area contributed by atoms with E-state index in [9.17, 15) is 4.79 Å². The summed E-state index contributed by atoms with van der Waals surface area (Å²) in [4.78, 5) is 16.3. The van der Waals surface area contributed by atoms with Crippen LogP contribution in [0.5, 0.6) is 0 Å². The van der Waals surface area contributed by atoms with Gasteiger partial charge in [0.25, 0.3) is 5.91 Å². The fraction of sp³-hybridized carbons (Fsp3) is 0.125. The Balaban J connectivity index is 2.07. The monoisotopic (exact) mass is 265 g/mol. The summed E-state index contributed by atoms with van der Waals surface area (Å²) in [6, 6.07) is 19.3. The van der Waals surface area contributed by atoms with Crippen molar-refractivity contribution in [3.05, 3.63) is 71.8 Å². The van der Waals surface area contributed by atoms with Crippen LogP contribution < -0.4 is 11.1 Å². The molecule has 0 saturated heterocycles. The number of nitrogens with one attached hydrogen (secondary N) is 1. The van der Waals surface area contributed by atoms with Gasteiger partial charge in [-0.25, -0.2) is 4.99 Å². The van der Waals surface area contributed by atoms with Crippen molar-refractivity contribution in [1.82, 2.24) is 5.32 Å². The van der Waals surface area contributed by atoms with Gasteiger partial charge in [0, 0.05) is 5.92 Å². The Kier molecular flexibility index (Phi) is 3.21. The molecular weight excluding hydrogens is 250 g/mol. The molecule has 0 bridgehead atoms. The Hall–Kier alpha value is -2.62. The number of aliphatic imine (C=N–C) groups is 1. The minimum absolute atomic E-state index is 0.126. The maximum atomic E-state index is 12.1. The molecule has 1 atom stereocenters. The molecule has 4 nitrogen and oxygen atoms in total. The van der Waals surface area contributed by atoms with Gasteiger partial charge in [-0.15, -0.1) is 0 Å². The summed E-state index contributed by atoms with van der Waals surface area (Å²) in [5.74, 6) is -0.0875. The number of nitrogens with two attached hydrogens (primary N) is 1. The highest BCUT2D eigenvalue weighted by atomic mass is 16.2. The van der Waals surface area contributed by atoms with Crippen molar-refractivity contribution < 1.29 is 4.79 Å². The molecule has 1 amide bonds. The summed E-state index contributed by atoms with van der Waals surface area (Å²) < 4.78 is 0. The highest BCUT2D eigenvalue weighted by Crippen LogP contribution is 2.31. The topological polar surface area (TPSA) is 67.5 Å². The number of carbonyl (C=O) groups excluding carboxylic acids is 1. The molecular formula is C16H15N3O. The quantitative estimate of drug-likeness (QED) is 0.885. The van der Waals surface area contributed by atoms with E-state index in [1.54, 1.807) is 0 Å². The summed E-state index contributed by atoms with van der Waals surface area (Å²) in [6.45, 7) is 0. The van der Waals surface area contributed by atoms with Gasteiger partial charge >= 0.3 is 0 Å². The second-order valence-corrected chi connectivity index (χ2v) is 4.75. The Labute approximate surface area is 117 Å². The van der Waals surface area contributed by atoms with Crippen LogP contribution in [0.15, 0.2) is 65.7 Å². The summed E-state index contributed by atoms with van der Waals surface area (Å²) >= 11 is 0. The van der Waals surface area contributed by atoms with Crippen molar-refractivity contribution in [2.45, 2.75) is 12.0 Å². The zero-order valence-electron chi connectivity index (χ0n) is 10.9. The van der Waals surface area contributed by atoms with Gasteiger partial charge < -0.3 is 5.73 Å². The third-order valence-electron chi connectivity index (χ3n) is 3.43. The fourth-order valence-corrected chi connectivity index (χ4v) is 2.54. The van der Waals surface area contributed by atoms with Crippen molar-refractivity contribution in [3.63, 3.8) is 0 Å². The van der Waals surface area contributed by atoms with E-state index in [1.165, 1.54) is 0 Å². The van der Waals surface area contributed by atoms with Crippen molar-refractivity contribution in [1.29, 1.82) is 0 Å². The molecule has 3 rings (SSSR count). The Bertz CT molecular complexity index is 598. The molecule has 4 heteroatoms. The highest BCUT2D eigenvalue weighted by Gasteiger charge is 2.34. The van der Waals surface area contributed by atoms with E-state index >= 15 is 0 Å². The van der Waals surface area contributed by atoms with Crippen LogP contribution in [0.3, 0.4) is 0 Å². The van der Waals surface area contributed by atoms with Crippen LogP contribution in [0.4, 0.5) is 0 Å². The average Bonchev–Trinajstić information content (AvgIpc) is 2.80. The molecule has 0 aliphatic carbocycles. The molecule has 1 aliphatic heterocycles. The van der Waals surface area contributed by atoms with E-state index in [1.807, 2.05) is 60.7 Å². The maximum Gasteiger partial charge on any atom is 0.252 e. The van der Waals surface area contributed by atoms with Crippen LogP contribution in [-0.4, -0.2) is 17.9 Å². The number of rotatable bonds is 3. The van der Waals surface area contributed by atoms with E-state index in [0.717, 1.165) is 11.1 Å². The predicted octanol–water partition coefficient (Wildman–Crippen LogP) is 1.63. The van der Waals surface area contributed by atoms with Gasteiger partial charge in [0.05, 0.1) is 0 Å². The molecule has 20 heavy (non-hydrogen) atoms. The maximum absolute atomic E-state index is 12.1. The first-order valence-electron chi connectivity index (χ1n) is 6.50. The average molecular weight is 265 g/mol. The van der Waals surface area contributed by atoms with E-state index in [2.05, 4.69) is 10.3 Å². The number of nitrogens with zero attached hydrogens (tertiary/aromatic N) is 1. The Morgan fingerprint density at radius 2 is 1.45 bits per heavy atom. The number of amides is 1. The summed E-state index contributed by atoms with van der Waals surface area (Å²) in [6.07, 6.45) is 0. The molecule has 0 fully saturated rings. The smallest absolute Gasteiger partial charge is 0.252 e. The summed E-state index contributed by atoms with van der Waals surface area (Å²) in [7, 11) is 0. The largest absolute Gasteiger partial charge is 0.370 e. The molecule has 1 aliphatic rings. The standard InChI is InChI=1S/C16H15N3O/c17-16-18-14(15(20)19-16)13(11-7-3-1-4-8-11)12-9-5-2-6-10-12/h1-10,13-14H,(H3,17,18,19,20). The van der Waals surface area contributed by atoms with Gasteiger partial charge in [0.1, 0.15) is 6.04 Å². The SMILES string of the molecule is NC1=NC(C(c2ccccc2)c2ccccc2)C(=O)N1. The zero-order valence-corrected chi connectivity index (χ0v) is 10.9. The molecule has 1 heterocycles. The van der Waals surface area contributed by atoms with E-state index in [4.69, 9.17) is 5.73 Å². The van der Waals surface area contributed by atoms with Crippen LogP contribution in [0.25, 0.3) is 0 Å². The molecule has 2 aromatic carbocycles. The lowest BCUT2D eigenvalue weighted by molar-refractivity contribution is -0.120. The molecule has 0 spiro atoms. The van der Waals surface area contributed by atoms with Crippen molar-refractivity contribution in [2.75, 3.05) is 0 Å². The Morgan fingerprint density at radius 1 is 0.950 bits per heavy atom. The highest BCUT2D eigenvalue weighted by molar-refractivity contribution is 6.04. The van der Waals surface area contributed by atoms with Crippen LogP contribution in [0.2, 0.25) is 0 Å². The predicted molar refractivity (Wildman–Crippen MR) is 78.3 cm³/mol. The fourth-order valence-electron chi connectivity index (χ4n) is 2.54. The van der Waals surface area contributed by atoms with E-state index < -0.39 is 6.04 Å². The number of hydrogen-bond acceptors (Lipinski definition) is 3. The second kappa shape index (κ2) is 5.17. The minimum atomic E-state index is -0.514. The first-order chi connectivity index (χ1) is 9.75. The molecule has 2 aromatic rings. The van der Waals surface area contributed by atoms with Gasteiger partial charge in [-0.05, 0) is 11.1 Å². The zero-order chi connectivity index (χ0) is 13.9. The normalized spacial score (nSPS) is 17.9. The van der Waals surface area contributed by atoms with E-state index in [-0.39, 0.29) is 17.8 Å². The first-order valence-corrected chi connectivity index (χ1v) is 6.50. The molecule has 0 radical (unpaired) electrons. The Morgan fingerprint density at radius 3 is 1.85 bits per heavy atom. The van der Waals surface area contributed by atoms with Crippen molar-refractivity contribution >= 4 is 11.9 Å². The summed E-state index contributed by atoms with van der Waals surface area (Å²) in [5.41, 5.74) is 7.73. The third-order valence-corrected chi connectivity index (χ3v) is 3.43. The van der Waals surface area contributed by atoms with Gasteiger partial charge in [0.15, 0.2) is 5.96 Å². The van der Waals surface area contributed by atoms with Crippen molar-refractivity contribution in [2.24, 2.45) is 10.7 Å². The van der Waals surface area contributed by atoms with Crippen LogP contribution in [0, 0.1) is 0 Å². The van der Waals surface area contributed by atoms with Gasteiger partial charge in [-0.3, -0.25) is 10.1 Å². The summed E-state index contributed by atoms with van der Waals surface area (Å²) in [5, 5.41) is 2.58. The number of carbonyl (C=O) groups is 1. The van der Waals surface area contributed by atoms with Gasteiger partial charge in [-0.2, -0.15) is 0 Å². The lowest BCUT2D eigenvalue weighted by atomic mass is 9.85. The minimum Gasteiger partial charge on any atom is -0.370 e. The second-order valence-electron chi connectivity index (χ2n) is 4.75. The lowest BCUT2D eigenvalue weighted by Crippen LogP contribution is -2.35. The van der Waals surface area contributed by atoms with Crippen LogP contribution in [0.1, 0.15) is 17.0 Å². The lowest BCUT2D eigenvalue weighted by Gasteiger charge is -2.20. The molecule has 100 valence electrons. The number of guanidine groups is 1. The molecule has 1 unspecified atom stereocenters. The molecule has 3 N–H and O–H groups in total. The van der Waals surface area contributed by atoms with Crippen molar-refractivity contribution in [3.8, 4) is 0 Å². The molecule has 0 aromatic heterocycles. The van der Waals surface area contributed by atoms with Gasteiger partial charge in [0.2, 0.25) is 0 Å².